The molecule has 4 nitrogen and oxygen atoms in total. The van der Waals surface area contributed by atoms with Gasteiger partial charge in [0.25, 0.3) is 5.91 Å². The predicted octanol–water partition coefficient (Wildman–Crippen LogP) is 5.23. The topological polar surface area (TPSA) is 58.2 Å². The summed E-state index contributed by atoms with van der Waals surface area (Å²) in [4.78, 5) is 25.2. The Kier molecular flexibility index (Phi) is 5.26. The summed E-state index contributed by atoms with van der Waals surface area (Å²) >= 11 is 1.69. The molecule has 1 aliphatic rings. The van der Waals surface area contributed by atoms with Gasteiger partial charge in [0.2, 0.25) is 5.91 Å². The van der Waals surface area contributed by atoms with Gasteiger partial charge >= 0.3 is 0 Å². The van der Waals surface area contributed by atoms with E-state index in [1.807, 2.05) is 11.4 Å². The molecule has 1 aromatic heterocycles. The van der Waals surface area contributed by atoms with Crippen molar-refractivity contribution in [2.75, 3.05) is 10.6 Å². The van der Waals surface area contributed by atoms with E-state index in [4.69, 9.17) is 0 Å². The van der Waals surface area contributed by atoms with Crippen molar-refractivity contribution in [1.29, 1.82) is 0 Å². The Morgan fingerprint density at radius 1 is 0.964 bits per heavy atom. The van der Waals surface area contributed by atoms with Crippen molar-refractivity contribution in [2.24, 2.45) is 0 Å². The van der Waals surface area contributed by atoms with Gasteiger partial charge < -0.3 is 10.6 Å². The number of carbonyl (C=O) groups is 2. The molecular weight excluding hydrogens is 368 g/mol. The van der Waals surface area contributed by atoms with Gasteiger partial charge in [-0.15, -0.1) is 11.3 Å². The number of amides is 2. The van der Waals surface area contributed by atoms with Crippen LogP contribution in [0.1, 0.15) is 45.6 Å². The number of thiophene rings is 1. The van der Waals surface area contributed by atoms with Crippen molar-refractivity contribution < 1.29 is 9.59 Å². The lowest BCUT2D eigenvalue weighted by molar-refractivity contribution is -0.114. The van der Waals surface area contributed by atoms with Crippen molar-refractivity contribution in [3.63, 3.8) is 0 Å². The van der Waals surface area contributed by atoms with Gasteiger partial charge in [0, 0.05) is 28.6 Å². The number of hydrogen-bond acceptors (Lipinski definition) is 3. The second-order valence-electron chi connectivity index (χ2n) is 7.11. The standard InChI is InChI=1S/C23H22N2O2S/c1-15(26)24-18-8-10-19(11-9-18)25-23(27)21-14-28-22-13-17(7-12-20(21)22)16-5-3-2-4-6-16/h2-6,8-11,14,17H,7,12-13H2,1H3,(H,24,26)(H,25,27)/t17-/m0/s1. The van der Waals surface area contributed by atoms with E-state index in [0.717, 1.165) is 30.5 Å². The largest absolute Gasteiger partial charge is 0.326 e. The molecule has 0 radical (unpaired) electrons. The first-order chi connectivity index (χ1) is 13.6. The van der Waals surface area contributed by atoms with E-state index >= 15 is 0 Å². The zero-order chi connectivity index (χ0) is 19.5. The van der Waals surface area contributed by atoms with Gasteiger partial charge in [-0.2, -0.15) is 0 Å². The van der Waals surface area contributed by atoms with E-state index in [-0.39, 0.29) is 11.8 Å². The lowest BCUT2D eigenvalue weighted by Crippen LogP contribution is -2.17. The number of nitrogens with one attached hydrogen (secondary N) is 2. The second-order valence-corrected chi connectivity index (χ2v) is 8.08. The molecule has 1 aliphatic carbocycles. The number of benzene rings is 2. The minimum absolute atomic E-state index is 0.0667. The molecule has 0 bridgehead atoms. The minimum Gasteiger partial charge on any atom is -0.326 e. The van der Waals surface area contributed by atoms with Gasteiger partial charge in [-0.3, -0.25) is 9.59 Å². The highest BCUT2D eigenvalue weighted by atomic mass is 32.1. The van der Waals surface area contributed by atoms with Gasteiger partial charge in [-0.1, -0.05) is 30.3 Å². The first-order valence-electron chi connectivity index (χ1n) is 9.43. The van der Waals surface area contributed by atoms with E-state index in [1.165, 1.54) is 22.9 Å². The SMILES string of the molecule is CC(=O)Nc1ccc(NC(=O)c2csc3c2CC[C@H](c2ccccc2)C3)cc1. The summed E-state index contributed by atoms with van der Waals surface area (Å²) < 4.78 is 0. The average molecular weight is 391 g/mol. The highest BCUT2D eigenvalue weighted by molar-refractivity contribution is 7.10. The number of fused-ring (bicyclic) bond motifs is 1. The van der Waals surface area contributed by atoms with Gasteiger partial charge in [0.1, 0.15) is 0 Å². The molecule has 0 unspecified atom stereocenters. The molecule has 2 aromatic carbocycles. The summed E-state index contributed by atoms with van der Waals surface area (Å²) in [6.45, 7) is 1.47. The average Bonchev–Trinajstić information content (AvgIpc) is 3.13. The van der Waals surface area contributed by atoms with E-state index in [1.54, 1.807) is 35.6 Å². The van der Waals surface area contributed by atoms with Crippen LogP contribution in [0.15, 0.2) is 60.0 Å². The van der Waals surface area contributed by atoms with Crippen LogP contribution < -0.4 is 10.6 Å². The van der Waals surface area contributed by atoms with E-state index in [9.17, 15) is 9.59 Å². The smallest absolute Gasteiger partial charge is 0.256 e. The normalized spacial score (nSPS) is 15.5. The summed E-state index contributed by atoms with van der Waals surface area (Å²) in [5.41, 5.74) is 4.80. The molecule has 4 rings (SSSR count). The molecule has 1 heterocycles. The zero-order valence-electron chi connectivity index (χ0n) is 15.7. The third-order valence-corrected chi connectivity index (χ3v) is 6.19. The minimum atomic E-state index is -0.115. The Balaban J connectivity index is 1.45. The lowest BCUT2D eigenvalue weighted by atomic mass is 9.83. The molecule has 0 spiro atoms. The molecule has 28 heavy (non-hydrogen) atoms. The van der Waals surface area contributed by atoms with Crippen LogP contribution in [0.5, 0.6) is 0 Å². The summed E-state index contributed by atoms with van der Waals surface area (Å²) in [5, 5.41) is 7.68. The lowest BCUT2D eigenvalue weighted by Gasteiger charge is -2.23. The molecule has 5 heteroatoms. The number of anilines is 2. The Morgan fingerprint density at radius 2 is 1.64 bits per heavy atom. The van der Waals surface area contributed by atoms with Crippen LogP contribution in [-0.2, 0) is 17.6 Å². The van der Waals surface area contributed by atoms with Crippen molar-refractivity contribution in [3.05, 3.63) is 81.5 Å². The number of hydrogen-bond donors (Lipinski definition) is 2. The maximum atomic E-state index is 12.8. The molecule has 2 N–H and O–H groups in total. The summed E-state index contributed by atoms with van der Waals surface area (Å²) in [7, 11) is 0. The Bertz CT molecular complexity index is 993. The highest BCUT2D eigenvalue weighted by Gasteiger charge is 2.26. The van der Waals surface area contributed by atoms with Crippen molar-refractivity contribution in [3.8, 4) is 0 Å². The van der Waals surface area contributed by atoms with Crippen LogP contribution in [0.25, 0.3) is 0 Å². The summed E-state index contributed by atoms with van der Waals surface area (Å²) in [5.74, 6) is 0.350. The fourth-order valence-electron chi connectivity index (χ4n) is 3.75. The maximum absolute atomic E-state index is 12.8. The Labute approximate surface area is 168 Å². The van der Waals surface area contributed by atoms with Gasteiger partial charge in [0.05, 0.1) is 5.56 Å². The zero-order valence-corrected chi connectivity index (χ0v) is 16.5. The van der Waals surface area contributed by atoms with Crippen molar-refractivity contribution in [1.82, 2.24) is 0 Å². The maximum Gasteiger partial charge on any atom is 0.256 e. The fraction of sp³-hybridized carbons (Fsp3) is 0.217. The molecular formula is C23H22N2O2S. The third-order valence-electron chi connectivity index (χ3n) is 5.13. The van der Waals surface area contributed by atoms with Crippen LogP contribution >= 0.6 is 11.3 Å². The monoisotopic (exact) mass is 390 g/mol. The second kappa shape index (κ2) is 7.98. The Hall–Kier alpha value is -2.92. The van der Waals surface area contributed by atoms with Crippen molar-refractivity contribution >= 4 is 34.5 Å². The molecule has 0 saturated heterocycles. The molecule has 0 fully saturated rings. The first kappa shape index (κ1) is 18.4. The van der Waals surface area contributed by atoms with E-state index in [0.29, 0.717) is 11.6 Å². The van der Waals surface area contributed by atoms with E-state index in [2.05, 4.69) is 34.9 Å². The number of rotatable bonds is 4. The van der Waals surface area contributed by atoms with E-state index < -0.39 is 0 Å². The summed E-state index contributed by atoms with van der Waals surface area (Å²) in [6, 6.07) is 17.8. The molecule has 142 valence electrons. The van der Waals surface area contributed by atoms with Crippen LogP contribution in [0.4, 0.5) is 11.4 Å². The summed E-state index contributed by atoms with van der Waals surface area (Å²) in [6.07, 6.45) is 3.00. The molecule has 2 amide bonds. The third kappa shape index (κ3) is 3.99. The molecule has 0 saturated carbocycles. The van der Waals surface area contributed by atoms with Gasteiger partial charge in [-0.05, 0) is 60.6 Å². The van der Waals surface area contributed by atoms with Gasteiger partial charge in [0.15, 0.2) is 0 Å². The predicted molar refractivity (Wildman–Crippen MR) is 114 cm³/mol. The van der Waals surface area contributed by atoms with Crippen molar-refractivity contribution in [2.45, 2.75) is 32.1 Å². The fourth-order valence-corrected chi connectivity index (χ4v) is 4.91. The van der Waals surface area contributed by atoms with Crippen LogP contribution in [0.2, 0.25) is 0 Å². The molecule has 1 atom stereocenters. The highest BCUT2D eigenvalue weighted by Crippen LogP contribution is 2.37. The quantitative estimate of drug-likeness (QED) is 0.641. The van der Waals surface area contributed by atoms with Crippen LogP contribution in [0.3, 0.4) is 0 Å². The van der Waals surface area contributed by atoms with Gasteiger partial charge in [-0.25, -0.2) is 0 Å². The molecule has 3 aromatic rings. The molecule has 0 aliphatic heterocycles. The van der Waals surface area contributed by atoms with Crippen LogP contribution in [-0.4, -0.2) is 11.8 Å². The number of carbonyl (C=O) groups excluding carboxylic acids is 2. The van der Waals surface area contributed by atoms with Crippen LogP contribution in [0, 0.1) is 0 Å². The Morgan fingerprint density at radius 3 is 2.32 bits per heavy atom. The first-order valence-corrected chi connectivity index (χ1v) is 10.3.